The smallest absolute Gasteiger partial charge is 0.248 e. The standard InChI is InChI=1S/C25H50N6O5/c1-5-7-11-16-27-22(20(3)29-35)24(33)31(18-14-10-9-13-15-26-19-32)25(34)23(21(4)30-36)28-17-12-8-6-2/h20-23,27-30,35-36H,5-18H2,1-4H3. The lowest BCUT2D eigenvalue weighted by Crippen LogP contribution is -2.62. The SMILES string of the molecule is CCCCCNC(C(=O)N(CCCCCCN=C=O)C(=O)C(NCCCCC)C(C)NO)C(C)NO. The predicted octanol–water partition coefficient (Wildman–Crippen LogP) is 2.27. The van der Waals surface area contributed by atoms with Crippen LogP contribution in [-0.2, 0) is 14.4 Å². The van der Waals surface area contributed by atoms with E-state index >= 15 is 0 Å². The fraction of sp³-hybridized carbons (Fsp3) is 0.880. The summed E-state index contributed by atoms with van der Waals surface area (Å²) in [7, 11) is 0. The zero-order valence-corrected chi connectivity index (χ0v) is 22.7. The van der Waals surface area contributed by atoms with Crippen molar-refractivity contribution >= 4 is 17.9 Å². The Labute approximate surface area is 216 Å². The van der Waals surface area contributed by atoms with Crippen molar-refractivity contribution in [1.29, 1.82) is 0 Å². The van der Waals surface area contributed by atoms with Crippen LogP contribution in [0.5, 0.6) is 0 Å². The average molecular weight is 515 g/mol. The molecule has 4 unspecified atom stereocenters. The molecule has 11 heteroatoms. The second kappa shape index (κ2) is 22.5. The first kappa shape index (κ1) is 34.3. The van der Waals surface area contributed by atoms with Crippen LogP contribution in [-0.4, -0.2) is 83.6 Å². The Morgan fingerprint density at radius 1 is 0.778 bits per heavy atom. The van der Waals surface area contributed by atoms with Crippen LogP contribution in [0.4, 0.5) is 0 Å². The van der Waals surface area contributed by atoms with Crippen molar-refractivity contribution in [2.24, 2.45) is 4.99 Å². The highest BCUT2D eigenvalue weighted by molar-refractivity contribution is 6.00. The number of aliphatic imine (C=N–C) groups is 1. The molecular formula is C25H50N6O5. The summed E-state index contributed by atoms with van der Waals surface area (Å²) in [4.78, 5) is 42.3. The van der Waals surface area contributed by atoms with Gasteiger partial charge in [-0.15, -0.1) is 0 Å². The lowest BCUT2D eigenvalue weighted by molar-refractivity contribution is -0.149. The van der Waals surface area contributed by atoms with Crippen LogP contribution in [0.1, 0.15) is 91.9 Å². The summed E-state index contributed by atoms with van der Waals surface area (Å²) in [6.45, 7) is 9.36. The molecule has 36 heavy (non-hydrogen) atoms. The van der Waals surface area contributed by atoms with Crippen LogP contribution in [0.25, 0.3) is 0 Å². The van der Waals surface area contributed by atoms with E-state index in [1.165, 1.54) is 11.0 Å². The molecule has 0 radical (unpaired) electrons. The zero-order valence-electron chi connectivity index (χ0n) is 22.7. The third-order valence-corrected chi connectivity index (χ3v) is 6.23. The largest absolute Gasteiger partial charge is 0.316 e. The number of hydrogen-bond acceptors (Lipinski definition) is 10. The van der Waals surface area contributed by atoms with Crippen molar-refractivity contribution in [3.63, 3.8) is 0 Å². The van der Waals surface area contributed by atoms with Crippen molar-refractivity contribution in [1.82, 2.24) is 26.5 Å². The predicted molar refractivity (Wildman–Crippen MR) is 140 cm³/mol. The Bertz CT molecular complexity index is 594. The number of amides is 2. The molecule has 0 aliphatic rings. The van der Waals surface area contributed by atoms with Gasteiger partial charge in [-0.05, 0) is 52.6 Å². The Balaban J connectivity index is 5.63. The summed E-state index contributed by atoms with van der Waals surface area (Å²) < 4.78 is 0. The van der Waals surface area contributed by atoms with Crippen molar-refractivity contribution in [2.75, 3.05) is 26.2 Å². The van der Waals surface area contributed by atoms with E-state index < -0.39 is 36.0 Å². The van der Waals surface area contributed by atoms with Crippen LogP contribution < -0.4 is 21.6 Å². The number of carbonyl (C=O) groups excluding carboxylic acids is 3. The first-order valence-electron chi connectivity index (χ1n) is 13.5. The van der Waals surface area contributed by atoms with Crippen LogP contribution in [0.3, 0.4) is 0 Å². The van der Waals surface area contributed by atoms with E-state index in [1.807, 2.05) is 0 Å². The number of nitrogens with zero attached hydrogens (tertiary/aromatic N) is 2. The highest BCUT2D eigenvalue weighted by Crippen LogP contribution is 2.11. The molecule has 0 rings (SSSR count). The summed E-state index contributed by atoms with van der Waals surface area (Å²) in [5.74, 6) is -0.830. The summed E-state index contributed by atoms with van der Waals surface area (Å²) in [5, 5.41) is 25.5. The van der Waals surface area contributed by atoms with Gasteiger partial charge in [0, 0.05) is 6.54 Å². The Morgan fingerprint density at radius 2 is 1.25 bits per heavy atom. The lowest BCUT2D eigenvalue weighted by atomic mass is 10.0. The number of unbranched alkanes of at least 4 members (excludes halogenated alkanes) is 7. The van der Waals surface area contributed by atoms with Gasteiger partial charge in [0.2, 0.25) is 17.9 Å². The van der Waals surface area contributed by atoms with E-state index in [2.05, 4.69) is 40.4 Å². The molecule has 0 heterocycles. The van der Waals surface area contributed by atoms with Gasteiger partial charge in [-0.1, -0.05) is 52.4 Å². The van der Waals surface area contributed by atoms with Gasteiger partial charge in [0.15, 0.2) is 0 Å². The van der Waals surface area contributed by atoms with Gasteiger partial charge in [0.05, 0.1) is 18.6 Å². The second-order valence-electron chi connectivity index (χ2n) is 9.33. The summed E-state index contributed by atoms with van der Waals surface area (Å²) >= 11 is 0. The van der Waals surface area contributed by atoms with E-state index in [9.17, 15) is 24.8 Å². The first-order chi connectivity index (χ1) is 17.4. The maximum Gasteiger partial charge on any atom is 0.248 e. The number of hydroxylamine groups is 2. The van der Waals surface area contributed by atoms with Crippen LogP contribution >= 0.6 is 0 Å². The summed E-state index contributed by atoms with van der Waals surface area (Å²) in [6.07, 6.45) is 10.3. The summed E-state index contributed by atoms with van der Waals surface area (Å²) in [5.41, 5.74) is 4.31. The molecule has 0 aliphatic heterocycles. The van der Waals surface area contributed by atoms with Gasteiger partial charge in [0.25, 0.3) is 0 Å². The molecule has 210 valence electrons. The molecule has 0 aromatic rings. The van der Waals surface area contributed by atoms with Gasteiger partial charge in [-0.3, -0.25) is 14.5 Å². The highest BCUT2D eigenvalue weighted by Gasteiger charge is 2.36. The second-order valence-corrected chi connectivity index (χ2v) is 9.33. The van der Waals surface area contributed by atoms with Crippen molar-refractivity contribution in [3.05, 3.63) is 0 Å². The minimum atomic E-state index is -0.795. The number of hydrogen-bond donors (Lipinski definition) is 6. The van der Waals surface area contributed by atoms with E-state index in [0.717, 1.165) is 57.8 Å². The molecule has 0 bridgehead atoms. The third-order valence-electron chi connectivity index (χ3n) is 6.23. The highest BCUT2D eigenvalue weighted by atomic mass is 16.5. The van der Waals surface area contributed by atoms with Crippen molar-refractivity contribution < 1.29 is 24.8 Å². The van der Waals surface area contributed by atoms with Gasteiger partial charge in [-0.25, -0.2) is 20.7 Å². The number of isocyanates is 1. The Hall–Kier alpha value is -1.72. The molecule has 2 amide bonds. The van der Waals surface area contributed by atoms with Gasteiger partial charge < -0.3 is 21.0 Å². The quantitative estimate of drug-likeness (QED) is 0.0521. The number of carbonyl (C=O) groups is 2. The molecule has 0 fully saturated rings. The minimum Gasteiger partial charge on any atom is -0.316 e. The zero-order chi connectivity index (χ0) is 27.2. The third kappa shape index (κ3) is 14.1. The van der Waals surface area contributed by atoms with E-state index in [-0.39, 0.29) is 6.54 Å². The number of rotatable bonds is 23. The van der Waals surface area contributed by atoms with Gasteiger partial charge in [0.1, 0.15) is 12.1 Å². The monoisotopic (exact) mass is 514 g/mol. The van der Waals surface area contributed by atoms with Crippen molar-refractivity contribution in [2.45, 2.75) is 116 Å². The molecule has 4 atom stereocenters. The van der Waals surface area contributed by atoms with E-state index in [0.29, 0.717) is 26.1 Å². The van der Waals surface area contributed by atoms with E-state index in [1.54, 1.807) is 13.8 Å². The number of nitrogens with one attached hydrogen (secondary N) is 4. The Morgan fingerprint density at radius 3 is 1.67 bits per heavy atom. The van der Waals surface area contributed by atoms with Crippen molar-refractivity contribution in [3.8, 4) is 0 Å². The Kier molecular flexibility index (Phi) is 21.4. The van der Waals surface area contributed by atoms with E-state index in [4.69, 9.17) is 0 Å². The molecule has 6 N–H and O–H groups in total. The van der Waals surface area contributed by atoms with Gasteiger partial charge >= 0.3 is 0 Å². The maximum absolute atomic E-state index is 13.7. The first-order valence-corrected chi connectivity index (χ1v) is 13.5. The summed E-state index contributed by atoms with van der Waals surface area (Å²) in [6, 6.07) is -2.81. The molecule has 11 nitrogen and oxygen atoms in total. The van der Waals surface area contributed by atoms with Crippen LogP contribution in [0.2, 0.25) is 0 Å². The average Bonchev–Trinajstić information content (AvgIpc) is 2.89. The normalized spacial score (nSPS) is 14.5. The molecule has 0 saturated heterocycles. The molecular weight excluding hydrogens is 464 g/mol. The molecule has 0 aliphatic carbocycles. The fourth-order valence-electron chi connectivity index (χ4n) is 3.89. The lowest BCUT2D eigenvalue weighted by Gasteiger charge is -2.33. The molecule has 0 aromatic heterocycles. The molecule has 0 aromatic carbocycles. The van der Waals surface area contributed by atoms with Crippen LogP contribution in [0.15, 0.2) is 4.99 Å². The van der Waals surface area contributed by atoms with Gasteiger partial charge in [-0.2, -0.15) is 0 Å². The van der Waals surface area contributed by atoms with Crippen LogP contribution in [0, 0.1) is 0 Å². The topological polar surface area (TPSA) is 155 Å². The fourth-order valence-corrected chi connectivity index (χ4v) is 3.89. The number of imide groups is 1. The molecule has 0 saturated carbocycles. The maximum atomic E-state index is 13.7. The minimum absolute atomic E-state index is 0.213. The molecule has 0 spiro atoms.